The standard InChI is InChI=1S/C61H42N4/c1-39-17-25-46(26-18-39)63-56-15-5-3-12-49(56)51-35-41(21-29-58(51)63)43-23-31-60-53(37-43)54-38-44(24-32-61(54)65(60)48-11-9-10-45(34-48)55-14-7-8-33-62-55)42-22-30-59-52(36-42)50-13-4-6-16-57(50)64(59)47-27-19-40(2)20-28-47/h3-38H,1-2H3. The number of nitrogens with zero attached hydrogens (tertiary/aromatic N) is 4. The zero-order valence-corrected chi connectivity index (χ0v) is 36.1. The third kappa shape index (κ3) is 5.95. The average Bonchev–Trinajstić information content (AvgIpc) is 3.99. The fourth-order valence-electron chi connectivity index (χ4n) is 10.2. The van der Waals surface area contributed by atoms with E-state index in [1.807, 2.05) is 18.3 Å². The van der Waals surface area contributed by atoms with E-state index in [1.54, 1.807) is 0 Å². The number of rotatable bonds is 6. The van der Waals surface area contributed by atoms with Crippen molar-refractivity contribution in [1.82, 2.24) is 18.7 Å². The normalized spacial score (nSPS) is 11.8. The van der Waals surface area contributed by atoms with Crippen molar-refractivity contribution in [3.63, 3.8) is 0 Å². The molecule has 0 unspecified atom stereocenters. The quantitative estimate of drug-likeness (QED) is 0.164. The van der Waals surface area contributed by atoms with Crippen molar-refractivity contribution in [1.29, 1.82) is 0 Å². The van der Waals surface area contributed by atoms with Crippen molar-refractivity contribution >= 4 is 65.4 Å². The maximum Gasteiger partial charge on any atom is 0.0702 e. The minimum atomic E-state index is 0.956. The van der Waals surface area contributed by atoms with Crippen molar-refractivity contribution in [2.45, 2.75) is 13.8 Å². The molecule has 0 aliphatic heterocycles. The summed E-state index contributed by atoms with van der Waals surface area (Å²) < 4.78 is 7.20. The highest BCUT2D eigenvalue weighted by atomic mass is 15.0. The molecule has 4 heteroatoms. The van der Waals surface area contributed by atoms with E-state index >= 15 is 0 Å². The monoisotopic (exact) mass is 830 g/mol. The van der Waals surface area contributed by atoms with Crippen molar-refractivity contribution in [2.75, 3.05) is 0 Å². The van der Waals surface area contributed by atoms with E-state index in [9.17, 15) is 0 Å². The topological polar surface area (TPSA) is 27.7 Å². The zero-order chi connectivity index (χ0) is 43.2. The summed E-state index contributed by atoms with van der Waals surface area (Å²) in [5.41, 5.74) is 19.9. The second-order valence-corrected chi connectivity index (χ2v) is 17.4. The van der Waals surface area contributed by atoms with Gasteiger partial charge in [0.05, 0.1) is 38.8 Å². The molecule has 13 aromatic rings. The van der Waals surface area contributed by atoms with Gasteiger partial charge in [-0.05, 0) is 145 Å². The molecule has 9 aromatic carbocycles. The molecule has 65 heavy (non-hydrogen) atoms. The molecule has 0 saturated carbocycles. The lowest BCUT2D eigenvalue weighted by Gasteiger charge is -2.11. The SMILES string of the molecule is Cc1ccc(-n2c3ccccc3c3cc(-c4ccc5c(c4)c4cc(-c6ccc7c(c6)c6ccccc6n7-c6ccc(C)cc6)ccc4n5-c4cccc(-c5ccccn5)c4)ccc32)cc1. The maximum absolute atomic E-state index is 4.70. The van der Waals surface area contributed by atoms with Gasteiger partial charge in [0.1, 0.15) is 0 Å². The second-order valence-electron chi connectivity index (χ2n) is 17.4. The molecule has 0 saturated heterocycles. The number of benzene rings is 9. The third-order valence-corrected chi connectivity index (χ3v) is 13.4. The molecule has 0 amide bonds. The van der Waals surface area contributed by atoms with Gasteiger partial charge in [0, 0.05) is 61.1 Å². The average molecular weight is 831 g/mol. The first-order valence-electron chi connectivity index (χ1n) is 22.4. The van der Waals surface area contributed by atoms with Gasteiger partial charge in [0.25, 0.3) is 0 Å². The van der Waals surface area contributed by atoms with Gasteiger partial charge in [-0.25, -0.2) is 0 Å². The van der Waals surface area contributed by atoms with Gasteiger partial charge in [-0.1, -0.05) is 114 Å². The Morgan fingerprint density at radius 1 is 0.277 bits per heavy atom. The van der Waals surface area contributed by atoms with Crippen molar-refractivity contribution < 1.29 is 0 Å². The molecule has 0 fully saturated rings. The fourth-order valence-corrected chi connectivity index (χ4v) is 10.2. The number of para-hydroxylation sites is 2. The largest absolute Gasteiger partial charge is 0.309 e. The van der Waals surface area contributed by atoms with Gasteiger partial charge < -0.3 is 13.7 Å². The molecule has 306 valence electrons. The molecule has 0 bridgehead atoms. The summed E-state index contributed by atoms with van der Waals surface area (Å²) in [6, 6.07) is 78.0. The van der Waals surface area contributed by atoms with Crippen LogP contribution in [0.5, 0.6) is 0 Å². The van der Waals surface area contributed by atoms with Crippen LogP contribution in [0.3, 0.4) is 0 Å². The van der Waals surface area contributed by atoms with E-state index in [-0.39, 0.29) is 0 Å². The Balaban J connectivity index is 1.01. The molecule has 0 aliphatic carbocycles. The van der Waals surface area contributed by atoms with E-state index < -0.39 is 0 Å². The minimum absolute atomic E-state index is 0.956. The molecular formula is C61H42N4. The first-order valence-corrected chi connectivity index (χ1v) is 22.4. The van der Waals surface area contributed by atoms with Gasteiger partial charge in [-0.3, -0.25) is 4.98 Å². The molecule has 0 spiro atoms. The van der Waals surface area contributed by atoms with Crippen LogP contribution < -0.4 is 0 Å². The number of hydrogen-bond acceptors (Lipinski definition) is 1. The van der Waals surface area contributed by atoms with Crippen LogP contribution in [0, 0.1) is 13.8 Å². The highest BCUT2D eigenvalue weighted by Crippen LogP contribution is 2.41. The van der Waals surface area contributed by atoms with Crippen LogP contribution in [0.2, 0.25) is 0 Å². The number of hydrogen-bond donors (Lipinski definition) is 0. The molecule has 4 aromatic heterocycles. The van der Waals surface area contributed by atoms with Gasteiger partial charge in [-0.15, -0.1) is 0 Å². The molecule has 4 heterocycles. The first-order chi connectivity index (χ1) is 32.0. The highest BCUT2D eigenvalue weighted by Gasteiger charge is 2.19. The second kappa shape index (κ2) is 14.5. The van der Waals surface area contributed by atoms with Gasteiger partial charge in [0.15, 0.2) is 0 Å². The van der Waals surface area contributed by atoms with Crippen LogP contribution in [0.1, 0.15) is 11.1 Å². The Morgan fingerprint density at radius 3 is 1.12 bits per heavy atom. The van der Waals surface area contributed by atoms with Crippen LogP contribution >= 0.6 is 0 Å². The number of aromatic nitrogens is 4. The summed E-state index contributed by atoms with van der Waals surface area (Å²) in [6.07, 6.45) is 1.86. The lowest BCUT2D eigenvalue weighted by Crippen LogP contribution is -1.95. The summed E-state index contributed by atoms with van der Waals surface area (Å²) in [7, 11) is 0. The lowest BCUT2D eigenvalue weighted by atomic mass is 9.98. The maximum atomic E-state index is 4.70. The van der Waals surface area contributed by atoms with Crippen molar-refractivity contribution in [3.8, 4) is 50.6 Å². The van der Waals surface area contributed by atoms with Crippen LogP contribution in [0.4, 0.5) is 0 Å². The molecule has 0 aliphatic rings. The molecule has 0 N–H and O–H groups in total. The molecule has 0 atom stereocenters. The minimum Gasteiger partial charge on any atom is -0.309 e. The number of aryl methyl sites for hydroxylation is 2. The van der Waals surface area contributed by atoms with E-state index in [2.05, 4.69) is 228 Å². The lowest BCUT2D eigenvalue weighted by molar-refractivity contribution is 1.17. The van der Waals surface area contributed by atoms with Crippen LogP contribution in [-0.2, 0) is 0 Å². The molecule has 4 nitrogen and oxygen atoms in total. The van der Waals surface area contributed by atoms with Crippen molar-refractivity contribution in [3.05, 3.63) is 230 Å². The van der Waals surface area contributed by atoms with E-state index in [1.165, 1.54) is 99.1 Å². The predicted octanol–water partition coefficient (Wildman–Crippen LogP) is 16.0. The molecular weight excluding hydrogens is 789 g/mol. The van der Waals surface area contributed by atoms with Gasteiger partial charge in [-0.2, -0.15) is 0 Å². The number of fused-ring (bicyclic) bond motifs is 9. The summed E-state index contributed by atoms with van der Waals surface area (Å²) in [5, 5.41) is 7.41. The third-order valence-electron chi connectivity index (χ3n) is 13.4. The molecule has 13 rings (SSSR count). The summed E-state index contributed by atoms with van der Waals surface area (Å²) in [5.74, 6) is 0. The van der Waals surface area contributed by atoms with Crippen molar-refractivity contribution in [2.24, 2.45) is 0 Å². The zero-order valence-electron chi connectivity index (χ0n) is 36.1. The van der Waals surface area contributed by atoms with Crippen LogP contribution in [0.25, 0.3) is 116 Å². The van der Waals surface area contributed by atoms with Crippen LogP contribution in [-0.4, -0.2) is 18.7 Å². The highest BCUT2D eigenvalue weighted by molar-refractivity contribution is 6.14. The van der Waals surface area contributed by atoms with Crippen LogP contribution in [0.15, 0.2) is 219 Å². The Hall–Kier alpha value is -8.47. The molecule has 0 radical (unpaired) electrons. The predicted molar refractivity (Wildman–Crippen MR) is 273 cm³/mol. The summed E-state index contributed by atoms with van der Waals surface area (Å²) >= 11 is 0. The summed E-state index contributed by atoms with van der Waals surface area (Å²) in [4.78, 5) is 4.70. The van der Waals surface area contributed by atoms with Gasteiger partial charge >= 0.3 is 0 Å². The number of pyridine rings is 1. The Kier molecular flexibility index (Phi) is 8.31. The van der Waals surface area contributed by atoms with E-state index in [4.69, 9.17) is 4.98 Å². The Labute approximate surface area is 376 Å². The fraction of sp³-hybridized carbons (Fsp3) is 0.0328. The first kappa shape index (κ1) is 37.1. The Morgan fingerprint density at radius 2 is 0.677 bits per heavy atom. The Bertz CT molecular complexity index is 3780. The summed E-state index contributed by atoms with van der Waals surface area (Å²) in [6.45, 7) is 4.28. The smallest absolute Gasteiger partial charge is 0.0702 e. The van der Waals surface area contributed by atoms with E-state index in [0.29, 0.717) is 0 Å². The van der Waals surface area contributed by atoms with Gasteiger partial charge in [0.2, 0.25) is 0 Å². The van der Waals surface area contributed by atoms with E-state index in [0.717, 1.165) is 28.0 Å².